The molecule has 0 aromatic heterocycles. The summed E-state index contributed by atoms with van der Waals surface area (Å²) in [5.41, 5.74) is 1.78. The number of allylic oxidation sites excluding steroid dienone is 3. The van der Waals surface area contributed by atoms with Gasteiger partial charge in [-0.15, -0.1) is 0 Å². The van der Waals surface area contributed by atoms with Gasteiger partial charge in [0.25, 0.3) is 0 Å². The summed E-state index contributed by atoms with van der Waals surface area (Å²) in [7, 11) is 0. The number of hydrogen-bond acceptors (Lipinski definition) is 1. The number of alkyl halides is 1. The SMILES string of the molecule is C=C1C(=O)C(Br)CC/C1=C/C. The minimum absolute atomic E-state index is 0.00120. The highest BCUT2D eigenvalue weighted by atomic mass is 79.9. The summed E-state index contributed by atoms with van der Waals surface area (Å²) < 4.78 is 0. The standard InChI is InChI=1S/C9H11BrO/c1-3-7-4-5-8(10)9(11)6(7)2/h3,8H,2,4-5H2,1H3/b7-3-. The van der Waals surface area contributed by atoms with Crippen LogP contribution in [0.25, 0.3) is 0 Å². The Morgan fingerprint density at radius 1 is 1.73 bits per heavy atom. The third kappa shape index (κ3) is 1.62. The topological polar surface area (TPSA) is 17.1 Å². The predicted molar refractivity (Wildman–Crippen MR) is 49.9 cm³/mol. The quantitative estimate of drug-likeness (QED) is 0.448. The second-order valence-electron chi connectivity index (χ2n) is 2.66. The molecule has 11 heavy (non-hydrogen) atoms. The first-order valence-corrected chi connectivity index (χ1v) is 4.61. The Hall–Kier alpha value is -0.370. The summed E-state index contributed by atoms with van der Waals surface area (Å²) in [6, 6.07) is 0. The fourth-order valence-corrected chi connectivity index (χ4v) is 1.74. The fraction of sp³-hybridized carbons (Fsp3) is 0.444. The van der Waals surface area contributed by atoms with E-state index in [9.17, 15) is 4.79 Å². The van der Waals surface area contributed by atoms with Crippen molar-refractivity contribution >= 4 is 21.7 Å². The molecule has 1 unspecified atom stereocenters. The highest BCUT2D eigenvalue weighted by Gasteiger charge is 2.25. The van der Waals surface area contributed by atoms with Gasteiger partial charge in [-0.2, -0.15) is 0 Å². The number of halogens is 1. The van der Waals surface area contributed by atoms with Crippen LogP contribution in [-0.2, 0) is 4.79 Å². The molecule has 0 saturated heterocycles. The van der Waals surface area contributed by atoms with Crippen LogP contribution in [0.4, 0.5) is 0 Å². The van der Waals surface area contributed by atoms with Gasteiger partial charge in [0.15, 0.2) is 5.78 Å². The molecule has 1 atom stereocenters. The van der Waals surface area contributed by atoms with Gasteiger partial charge in [0.05, 0.1) is 4.83 Å². The number of ketones is 1. The van der Waals surface area contributed by atoms with Crippen molar-refractivity contribution in [2.75, 3.05) is 0 Å². The molecule has 1 rings (SSSR count). The first-order valence-electron chi connectivity index (χ1n) is 3.69. The van der Waals surface area contributed by atoms with Crippen molar-refractivity contribution in [3.05, 3.63) is 23.8 Å². The van der Waals surface area contributed by atoms with E-state index in [1.807, 2.05) is 13.0 Å². The number of carbonyl (C=O) groups excluding carboxylic acids is 1. The summed E-state index contributed by atoms with van der Waals surface area (Å²) in [5, 5.41) is 0. The van der Waals surface area contributed by atoms with Crippen LogP contribution in [0.2, 0.25) is 0 Å². The highest BCUT2D eigenvalue weighted by Crippen LogP contribution is 2.28. The second-order valence-corrected chi connectivity index (χ2v) is 3.77. The van der Waals surface area contributed by atoms with Crippen molar-refractivity contribution in [2.45, 2.75) is 24.6 Å². The van der Waals surface area contributed by atoms with E-state index in [0.717, 1.165) is 18.4 Å². The average Bonchev–Trinajstić information content (AvgIpc) is 2.01. The lowest BCUT2D eigenvalue weighted by Crippen LogP contribution is -2.22. The molecule has 1 nitrogen and oxygen atoms in total. The van der Waals surface area contributed by atoms with Crippen LogP contribution in [0.15, 0.2) is 23.8 Å². The highest BCUT2D eigenvalue weighted by molar-refractivity contribution is 9.10. The van der Waals surface area contributed by atoms with E-state index in [-0.39, 0.29) is 10.6 Å². The van der Waals surface area contributed by atoms with Crippen molar-refractivity contribution < 1.29 is 4.79 Å². The maximum absolute atomic E-state index is 11.3. The molecule has 0 amide bonds. The summed E-state index contributed by atoms with van der Waals surface area (Å²) in [6.45, 7) is 5.70. The molecule has 0 bridgehead atoms. The summed E-state index contributed by atoms with van der Waals surface area (Å²) in [4.78, 5) is 11.3. The van der Waals surface area contributed by atoms with Crippen LogP contribution in [-0.4, -0.2) is 10.6 Å². The first-order chi connectivity index (χ1) is 5.16. The molecule has 0 heterocycles. The van der Waals surface area contributed by atoms with Gasteiger partial charge >= 0.3 is 0 Å². The second kappa shape index (κ2) is 3.35. The van der Waals surface area contributed by atoms with Crippen LogP contribution >= 0.6 is 15.9 Å². The molecule has 0 N–H and O–H groups in total. The Labute approximate surface area is 75.3 Å². The molecule has 1 saturated carbocycles. The Morgan fingerprint density at radius 3 is 2.91 bits per heavy atom. The molecule has 0 aromatic rings. The third-order valence-electron chi connectivity index (χ3n) is 1.99. The molecule has 0 radical (unpaired) electrons. The molecule has 1 aliphatic rings. The van der Waals surface area contributed by atoms with Crippen molar-refractivity contribution in [1.82, 2.24) is 0 Å². The molecular formula is C9H11BrO. The van der Waals surface area contributed by atoms with Gasteiger partial charge < -0.3 is 0 Å². The lowest BCUT2D eigenvalue weighted by atomic mass is 9.89. The zero-order chi connectivity index (χ0) is 8.43. The molecule has 0 aromatic carbocycles. The van der Waals surface area contributed by atoms with Crippen molar-refractivity contribution in [3.8, 4) is 0 Å². The third-order valence-corrected chi connectivity index (χ3v) is 2.86. The average molecular weight is 215 g/mol. The van der Waals surface area contributed by atoms with Crippen LogP contribution < -0.4 is 0 Å². The van der Waals surface area contributed by atoms with Crippen LogP contribution in [0.3, 0.4) is 0 Å². The van der Waals surface area contributed by atoms with E-state index >= 15 is 0 Å². The number of Topliss-reactive ketones (excluding diaryl/α,β-unsaturated/α-hetero) is 1. The zero-order valence-electron chi connectivity index (χ0n) is 6.56. The number of hydrogen-bond donors (Lipinski definition) is 0. The van der Waals surface area contributed by atoms with E-state index in [0.29, 0.717) is 5.57 Å². The van der Waals surface area contributed by atoms with E-state index in [1.165, 1.54) is 0 Å². The lowest BCUT2D eigenvalue weighted by molar-refractivity contribution is -0.115. The normalized spacial score (nSPS) is 29.6. The molecule has 1 aliphatic carbocycles. The maximum atomic E-state index is 11.3. The molecule has 0 spiro atoms. The van der Waals surface area contributed by atoms with Gasteiger partial charge in [0.2, 0.25) is 0 Å². The zero-order valence-corrected chi connectivity index (χ0v) is 8.15. The van der Waals surface area contributed by atoms with Gasteiger partial charge in [-0.3, -0.25) is 4.79 Å². The largest absolute Gasteiger partial charge is 0.293 e. The lowest BCUT2D eigenvalue weighted by Gasteiger charge is -2.19. The van der Waals surface area contributed by atoms with Gasteiger partial charge in [-0.05, 0) is 25.3 Å². The van der Waals surface area contributed by atoms with Gasteiger partial charge in [-0.25, -0.2) is 0 Å². The van der Waals surface area contributed by atoms with Gasteiger partial charge in [-0.1, -0.05) is 28.6 Å². The van der Waals surface area contributed by atoms with E-state index in [4.69, 9.17) is 0 Å². The Balaban J connectivity index is 2.84. The number of rotatable bonds is 0. The predicted octanol–water partition coefficient (Wildman–Crippen LogP) is 2.62. The molecule has 0 aliphatic heterocycles. The van der Waals surface area contributed by atoms with Crippen molar-refractivity contribution in [2.24, 2.45) is 0 Å². The van der Waals surface area contributed by atoms with Gasteiger partial charge in [0, 0.05) is 5.57 Å². The molecule has 2 heteroatoms. The van der Waals surface area contributed by atoms with E-state index < -0.39 is 0 Å². The minimum Gasteiger partial charge on any atom is -0.293 e. The number of carbonyl (C=O) groups is 1. The monoisotopic (exact) mass is 214 g/mol. The van der Waals surface area contributed by atoms with E-state index in [2.05, 4.69) is 22.5 Å². The molecule has 60 valence electrons. The van der Waals surface area contributed by atoms with Crippen LogP contribution in [0.5, 0.6) is 0 Å². The van der Waals surface area contributed by atoms with Crippen molar-refractivity contribution in [3.63, 3.8) is 0 Å². The molecule has 1 fully saturated rings. The maximum Gasteiger partial charge on any atom is 0.176 e. The van der Waals surface area contributed by atoms with Crippen molar-refractivity contribution in [1.29, 1.82) is 0 Å². The Kier molecular flexibility index (Phi) is 2.66. The fourth-order valence-electron chi connectivity index (χ4n) is 1.23. The minimum atomic E-state index is -0.00120. The summed E-state index contributed by atoms with van der Waals surface area (Å²) >= 11 is 3.31. The van der Waals surface area contributed by atoms with Crippen LogP contribution in [0.1, 0.15) is 19.8 Å². The van der Waals surface area contributed by atoms with E-state index in [1.54, 1.807) is 0 Å². The smallest absolute Gasteiger partial charge is 0.176 e. The molecular weight excluding hydrogens is 204 g/mol. The van der Waals surface area contributed by atoms with Gasteiger partial charge in [0.1, 0.15) is 0 Å². The summed E-state index contributed by atoms with van der Waals surface area (Å²) in [6.07, 6.45) is 3.84. The Bertz CT molecular complexity index is 228. The summed E-state index contributed by atoms with van der Waals surface area (Å²) in [5.74, 6) is 0.143. The Morgan fingerprint density at radius 2 is 2.36 bits per heavy atom. The van der Waals surface area contributed by atoms with Crippen LogP contribution in [0, 0.1) is 0 Å². The first kappa shape index (κ1) is 8.72.